The van der Waals surface area contributed by atoms with Crippen LogP contribution in [0.25, 0.3) is 16.0 Å². The molecule has 1 saturated heterocycles. The highest BCUT2D eigenvalue weighted by atomic mass is 32.1. The summed E-state index contributed by atoms with van der Waals surface area (Å²) in [4.78, 5) is 36.7. The number of nitrogens with zero attached hydrogens (tertiary/aromatic N) is 3. The molecule has 170 valence electrons. The van der Waals surface area contributed by atoms with E-state index in [1.165, 1.54) is 30.5 Å². The molecule has 9 heteroatoms. The number of carbonyl (C=O) groups excluding carboxylic acids is 2. The number of hydrogen-bond acceptors (Lipinski definition) is 8. The van der Waals surface area contributed by atoms with Crippen LogP contribution in [-0.2, 0) is 9.59 Å². The molecule has 0 aliphatic carbocycles. The number of amides is 1. The van der Waals surface area contributed by atoms with Crippen LogP contribution < -0.4 is 14.4 Å². The van der Waals surface area contributed by atoms with Gasteiger partial charge in [-0.3, -0.25) is 19.5 Å². The van der Waals surface area contributed by atoms with E-state index in [1.807, 2.05) is 24.3 Å². The number of anilines is 1. The van der Waals surface area contributed by atoms with Gasteiger partial charge in [-0.15, -0.1) is 0 Å². The molecule has 2 aromatic carbocycles. The summed E-state index contributed by atoms with van der Waals surface area (Å²) in [6.45, 7) is 0. The fraction of sp³-hybridized carbons (Fsp3) is 0.120. The number of Topliss-reactive ketones (excluding diaryl/α,β-unsaturated/α-hetero) is 1. The lowest BCUT2D eigenvalue weighted by Crippen LogP contribution is -2.29. The highest BCUT2D eigenvalue weighted by molar-refractivity contribution is 7.22. The van der Waals surface area contributed by atoms with Crippen LogP contribution in [0.4, 0.5) is 5.13 Å². The molecule has 1 atom stereocenters. The third-order valence-corrected chi connectivity index (χ3v) is 6.66. The first kappa shape index (κ1) is 21.6. The SMILES string of the molecule is COc1cccc(OC)c1/C(O)=C1\C(=O)C(=O)N(c2nc3ccccc3s2)C1c1ccncc1. The van der Waals surface area contributed by atoms with E-state index < -0.39 is 23.5 Å². The van der Waals surface area contributed by atoms with Crippen molar-refractivity contribution < 1.29 is 24.2 Å². The Balaban J connectivity index is 1.77. The molecular weight excluding hydrogens is 454 g/mol. The van der Waals surface area contributed by atoms with E-state index in [9.17, 15) is 14.7 Å². The maximum absolute atomic E-state index is 13.4. The fourth-order valence-electron chi connectivity index (χ4n) is 4.07. The second-order valence-electron chi connectivity index (χ2n) is 7.45. The number of carbonyl (C=O) groups is 2. The average molecular weight is 474 g/mol. The van der Waals surface area contributed by atoms with Crippen molar-refractivity contribution in [1.29, 1.82) is 0 Å². The maximum Gasteiger partial charge on any atom is 0.301 e. The van der Waals surface area contributed by atoms with Crippen LogP contribution >= 0.6 is 11.3 Å². The van der Waals surface area contributed by atoms with Crippen LogP contribution in [0.2, 0.25) is 0 Å². The number of thiazole rings is 1. The Hall–Kier alpha value is -4.24. The quantitative estimate of drug-likeness (QED) is 0.261. The summed E-state index contributed by atoms with van der Waals surface area (Å²) in [5, 5.41) is 11.8. The lowest BCUT2D eigenvalue weighted by Gasteiger charge is -2.23. The van der Waals surface area contributed by atoms with Crippen LogP contribution in [0.5, 0.6) is 11.5 Å². The molecule has 0 radical (unpaired) electrons. The first-order valence-electron chi connectivity index (χ1n) is 10.3. The molecule has 1 aliphatic rings. The van der Waals surface area contributed by atoms with E-state index >= 15 is 0 Å². The second-order valence-corrected chi connectivity index (χ2v) is 8.46. The van der Waals surface area contributed by atoms with Gasteiger partial charge < -0.3 is 14.6 Å². The summed E-state index contributed by atoms with van der Waals surface area (Å²) in [5.74, 6) is -1.39. The van der Waals surface area contributed by atoms with Crippen molar-refractivity contribution in [3.05, 3.63) is 83.7 Å². The number of ether oxygens (including phenoxy) is 2. The van der Waals surface area contributed by atoms with Crippen molar-refractivity contribution >= 4 is 44.1 Å². The van der Waals surface area contributed by atoms with Crippen molar-refractivity contribution in [2.75, 3.05) is 19.1 Å². The smallest absolute Gasteiger partial charge is 0.301 e. The molecule has 1 amide bonds. The highest BCUT2D eigenvalue weighted by Crippen LogP contribution is 2.46. The minimum atomic E-state index is -0.918. The zero-order valence-electron chi connectivity index (χ0n) is 18.3. The second kappa shape index (κ2) is 8.60. The van der Waals surface area contributed by atoms with E-state index in [0.717, 1.165) is 4.70 Å². The number of methoxy groups -OCH3 is 2. The molecule has 1 unspecified atom stereocenters. The molecular formula is C25H19N3O5S. The lowest BCUT2D eigenvalue weighted by atomic mass is 9.95. The highest BCUT2D eigenvalue weighted by Gasteiger charge is 2.48. The van der Waals surface area contributed by atoms with E-state index in [-0.39, 0.29) is 11.1 Å². The molecule has 4 aromatic rings. The van der Waals surface area contributed by atoms with Gasteiger partial charge in [0.25, 0.3) is 5.78 Å². The summed E-state index contributed by atoms with van der Waals surface area (Å²) >= 11 is 1.30. The van der Waals surface area contributed by atoms with Crippen LogP contribution in [0, 0.1) is 0 Å². The summed E-state index contributed by atoms with van der Waals surface area (Å²) in [6.07, 6.45) is 3.13. The predicted octanol–water partition coefficient (Wildman–Crippen LogP) is 4.33. The summed E-state index contributed by atoms with van der Waals surface area (Å²) in [5.41, 5.74) is 1.42. The van der Waals surface area contributed by atoms with Crippen LogP contribution in [-0.4, -0.2) is 41.0 Å². The number of para-hydroxylation sites is 1. The topological polar surface area (TPSA) is 102 Å². The maximum atomic E-state index is 13.4. The predicted molar refractivity (Wildman–Crippen MR) is 128 cm³/mol. The summed E-state index contributed by atoms with van der Waals surface area (Å²) in [6, 6.07) is 14.9. The molecule has 1 aliphatic heterocycles. The Morgan fingerprint density at radius 2 is 1.65 bits per heavy atom. The summed E-state index contributed by atoms with van der Waals surface area (Å²) < 4.78 is 11.7. The van der Waals surface area contributed by atoms with Crippen molar-refractivity contribution in [2.45, 2.75) is 6.04 Å². The third-order valence-electron chi connectivity index (χ3n) is 5.62. The largest absolute Gasteiger partial charge is 0.506 e. The van der Waals surface area contributed by atoms with Gasteiger partial charge in [-0.2, -0.15) is 0 Å². The van der Waals surface area contributed by atoms with Gasteiger partial charge in [0, 0.05) is 12.4 Å². The Kier molecular flexibility index (Phi) is 5.46. The van der Waals surface area contributed by atoms with Gasteiger partial charge >= 0.3 is 5.91 Å². The number of fused-ring (bicyclic) bond motifs is 1. The van der Waals surface area contributed by atoms with Gasteiger partial charge in [0.05, 0.1) is 36.1 Å². The normalized spacial score (nSPS) is 17.4. The molecule has 8 nitrogen and oxygen atoms in total. The van der Waals surface area contributed by atoms with Crippen LogP contribution in [0.1, 0.15) is 17.2 Å². The Labute approximate surface area is 198 Å². The van der Waals surface area contributed by atoms with Gasteiger partial charge in [0.2, 0.25) is 0 Å². The minimum Gasteiger partial charge on any atom is -0.506 e. The summed E-state index contributed by atoms with van der Waals surface area (Å²) in [7, 11) is 2.90. The number of rotatable bonds is 5. The van der Waals surface area contributed by atoms with Crippen molar-refractivity contribution in [2.24, 2.45) is 0 Å². The van der Waals surface area contributed by atoms with Gasteiger partial charge in [0.15, 0.2) is 5.13 Å². The molecule has 0 saturated carbocycles. The fourth-order valence-corrected chi connectivity index (χ4v) is 5.07. The molecule has 2 aromatic heterocycles. The zero-order chi connectivity index (χ0) is 23.8. The molecule has 1 fully saturated rings. The molecule has 5 rings (SSSR count). The van der Waals surface area contributed by atoms with Crippen LogP contribution in [0.15, 0.2) is 72.6 Å². The first-order chi connectivity index (χ1) is 16.5. The zero-order valence-corrected chi connectivity index (χ0v) is 19.1. The van der Waals surface area contributed by atoms with E-state index in [4.69, 9.17) is 9.47 Å². The number of benzene rings is 2. The Bertz CT molecular complexity index is 1390. The molecule has 34 heavy (non-hydrogen) atoms. The number of hydrogen-bond donors (Lipinski definition) is 1. The van der Waals surface area contributed by atoms with Crippen molar-refractivity contribution in [1.82, 2.24) is 9.97 Å². The van der Waals surface area contributed by atoms with E-state index in [1.54, 1.807) is 42.7 Å². The van der Waals surface area contributed by atoms with Crippen LogP contribution in [0.3, 0.4) is 0 Å². The Morgan fingerprint density at radius 1 is 0.971 bits per heavy atom. The molecule has 1 N–H and O–H groups in total. The number of aromatic nitrogens is 2. The standard InChI is InChI=1S/C25H19N3O5S/c1-32-16-7-5-8-17(33-2)19(16)22(29)20-21(14-10-12-26-13-11-14)28(24(31)23(20)30)25-27-15-6-3-4-9-18(15)34-25/h3-13,21,29H,1-2H3/b22-20+. The van der Waals surface area contributed by atoms with E-state index in [2.05, 4.69) is 9.97 Å². The Morgan fingerprint density at radius 3 is 2.29 bits per heavy atom. The number of ketones is 1. The van der Waals surface area contributed by atoms with Gasteiger partial charge in [-0.05, 0) is 42.0 Å². The number of pyridine rings is 1. The monoisotopic (exact) mass is 473 g/mol. The molecule has 0 spiro atoms. The number of aliphatic hydroxyl groups is 1. The van der Waals surface area contributed by atoms with Gasteiger partial charge in [-0.1, -0.05) is 29.5 Å². The molecule has 3 heterocycles. The third kappa shape index (κ3) is 3.37. The van der Waals surface area contributed by atoms with E-state index in [0.29, 0.717) is 27.7 Å². The van der Waals surface area contributed by atoms with Gasteiger partial charge in [-0.25, -0.2) is 4.98 Å². The lowest BCUT2D eigenvalue weighted by molar-refractivity contribution is -0.132. The average Bonchev–Trinajstić information content (AvgIpc) is 3.42. The van der Waals surface area contributed by atoms with Crippen molar-refractivity contribution in [3.8, 4) is 11.5 Å². The number of aliphatic hydroxyl groups excluding tert-OH is 1. The molecule has 0 bridgehead atoms. The first-order valence-corrected chi connectivity index (χ1v) is 11.1. The van der Waals surface area contributed by atoms with Crippen molar-refractivity contribution in [3.63, 3.8) is 0 Å². The van der Waals surface area contributed by atoms with Gasteiger partial charge in [0.1, 0.15) is 22.8 Å². The minimum absolute atomic E-state index is 0.0849.